The summed E-state index contributed by atoms with van der Waals surface area (Å²) in [6, 6.07) is 0. The standard InChI is InChI=1S/C17H27BF2N2O4/c1-16(2)17(3,4)26-18(25-16)13-11(22(5)21-14(13)15(19)20)10-24-12-8-6-7-9-23-12/h12,15H,6-10H2,1-5H3. The Hall–Kier alpha value is -1.03. The van der Waals surface area contributed by atoms with Gasteiger partial charge in [0.2, 0.25) is 0 Å². The van der Waals surface area contributed by atoms with Crippen LogP contribution in [0.5, 0.6) is 0 Å². The molecular formula is C17H27BF2N2O4. The maximum atomic E-state index is 13.6. The van der Waals surface area contributed by atoms with Gasteiger partial charge in [0.25, 0.3) is 6.43 Å². The van der Waals surface area contributed by atoms with Crippen molar-refractivity contribution in [3.8, 4) is 0 Å². The Morgan fingerprint density at radius 3 is 2.42 bits per heavy atom. The van der Waals surface area contributed by atoms with Crippen LogP contribution in [0.25, 0.3) is 0 Å². The molecule has 6 nitrogen and oxygen atoms in total. The minimum absolute atomic E-state index is 0.111. The molecule has 3 heterocycles. The zero-order valence-electron chi connectivity index (χ0n) is 16.1. The Kier molecular flexibility index (Phi) is 5.45. The predicted octanol–water partition coefficient (Wildman–Crippen LogP) is 2.70. The van der Waals surface area contributed by atoms with Crippen LogP contribution in [0.15, 0.2) is 0 Å². The fourth-order valence-electron chi connectivity index (χ4n) is 3.16. The molecule has 2 saturated heterocycles. The fourth-order valence-corrected chi connectivity index (χ4v) is 3.16. The number of rotatable bonds is 5. The predicted molar refractivity (Wildman–Crippen MR) is 92.3 cm³/mol. The number of ether oxygens (including phenoxy) is 2. The minimum atomic E-state index is -2.73. The number of aryl methyl sites for hydroxylation is 1. The van der Waals surface area contributed by atoms with E-state index in [4.69, 9.17) is 18.8 Å². The molecule has 0 amide bonds. The molecule has 0 aliphatic carbocycles. The molecule has 1 unspecified atom stereocenters. The Labute approximate surface area is 153 Å². The number of hydrogen-bond acceptors (Lipinski definition) is 5. The van der Waals surface area contributed by atoms with Gasteiger partial charge in [-0.25, -0.2) is 8.78 Å². The summed E-state index contributed by atoms with van der Waals surface area (Å²) in [5.41, 5.74) is -0.797. The summed E-state index contributed by atoms with van der Waals surface area (Å²) in [6.45, 7) is 8.31. The minimum Gasteiger partial charge on any atom is -0.399 e. The van der Waals surface area contributed by atoms with E-state index < -0.39 is 24.7 Å². The summed E-state index contributed by atoms with van der Waals surface area (Å²) < 4.78 is 52.0. The molecule has 0 aromatic carbocycles. The summed E-state index contributed by atoms with van der Waals surface area (Å²) in [6.07, 6.45) is -0.205. The molecule has 0 spiro atoms. The van der Waals surface area contributed by atoms with E-state index in [1.165, 1.54) is 4.68 Å². The van der Waals surface area contributed by atoms with Crippen LogP contribution in [0.1, 0.15) is 64.8 Å². The number of aromatic nitrogens is 2. The first-order valence-corrected chi connectivity index (χ1v) is 9.05. The Morgan fingerprint density at radius 2 is 1.88 bits per heavy atom. The summed E-state index contributed by atoms with van der Waals surface area (Å²) in [4.78, 5) is 0. The van der Waals surface area contributed by atoms with Gasteiger partial charge in [-0.3, -0.25) is 4.68 Å². The van der Waals surface area contributed by atoms with E-state index in [1.807, 2.05) is 27.7 Å². The van der Waals surface area contributed by atoms with Gasteiger partial charge >= 0.3 is 7.12 Å². The van der Waals surface area contributed by atoms with Gasteiger partial charge in [-0.05, 0) is 47.0 Å². The highest BCUT2D eigenvalue weighted by molar-refractivity contribution is 6.63. The Bertz CT molecular complexity index is 629. The van der Waals surface area contributed by atoms with Crippen LogP contribution in [0.2, 0.25) is 0 Å². The third-order valence-corrected chi connectivity index (χ3v) is 5.47. The van der Waals surface area contributed by atoms with Crippen LogP contribution in [-0.4, -0.2) is 41.0 Å². The second kappa shape index (κ2) is 7.18. The van der Waals surface area contributed by atoms with Crippen LogP contribution >= 0.6 is 0 Å². The molecule has 2 fully saturated rings. The molecule has 146 valence electrons. The molecule has 0 saturated carbocycles. The molecule has 0 N–H and O–H groups in total. The van der Waals surface area contributed by atoms with Gasteiger partial charge in [-0.1, -0.05) is 0 Å². The summed E-state index contributed by atoms with van der Waals surface area (Å²) in [5.74, 6) is 0. The van der Waals surface area contributed by atoms with E-state index in [0.29, 0.717) is 12.3 Å². The SMILES string of the molecule is Cn1nc(C(F)F)c(B2OC(C)(C)C(C)(C)O2)c1COC1CCCCO1. The summed E-state index contributed by atoms with van der Waals surface area (Å²) >= 11 is 0. The summed E-state index contributed by atoms with van der Waals surface area (Å²) in [7, 11) is 0.713. The molecule has 1 aromatic rings. The molecule has 3 rings (SSSR count). The van der Waals surface area contributed by atoms with E-state index in [9.17, 15) is 8.78 Å². The van der Waals surface area contributed by atoms with E-state index in [0.717, 1.165) is 19.3 Å². The molecule has 1 aromatic heterocycles. The maximum absolute atomic E-state index is 13.6. The zero-order valence-corrected chi connectivity index (χ0v) is 16.1. The van der Waals surface area contributed by atoms with Crippen LogP contribution in [-0.2, 0) is 32.4 Å². The first kappa shape index (κ1) is 19.7. The van der Waals surface area contributed by atoms with Crippen molar-refractivity contribution >= 4 is 12.6 Å². The second-order valence-electron chi connectivity index (χ2n) is 7.87. The van der Waals surface area contributed by atoms with Crippen molar-refractivity contribution in [3.05, 3.63) is 11.4 Å². The summed E-state index contributed by atoms with van der Waals surface area (Å²) in [5, 5.41) is 4.00. The first-order chi connectivity index (χ1) is 12.1. The smallest absolute Gasteiger partial charge is 0.399 e. The largest absolute Gasteiger partial charge is 0.498 e. The Morgan fingerprint density at radius 1 is 1.23 bits per heavy atom. The topological polar surface area (TPSA) is 54.7 Å². The van der Waals surface area contributed by atoms with Crippen molar-refractivity contribution in [2.75, 3.05) is 6.61 Å². The molecule has 0 bridgehead atoms. The number of hydrogen-bond donors (Lipinski definition) is 0. The monoisotopic (exact) mass is 372 g/mol. The highest BCUT2D eigenvalue weighted by Crippen LogP contribution is 2.37. The van der Waals surface area contributed by atoms with Gasteiger partial charge in [0.15, 0.2) is 6.29 Å². The lowest BCUT2D eigenvalue weighted by Gasteiger charge is -2.32. The number of halogens is 2. The molecule has 0 radical (unpaired) electrons. The van der Waals surface area contributed by atoms with Gasteiger partial charge in [-0.15, -0.1) is 0 Å². The molecule has 9 heteroatoms. The fraction of sp³-hybridized carbons (Fsp3) is 0.824. The van der Waals surface area contributed by atoms with Crippen LogP contribution in [0.4, 0.5) is 8.78 Å². The van der Waals surface area contributed by atoms with Gasteiger partial charge in [0.05, 0.1) is 23.5 Å². The second-order valence-corrected chi connectivity index (χ2v) is 7.87. The zero-order chi connectivity index (χ0) is 19.1. The molecule has 2 aliphatic heterocycles. The van der Waals surface area contributed by atoms with Crippen molar-refractivity contribution in [2.45, 2.75) is 77.5 Å². The molecular weight excluding hydrogens is 345 g/mol. The lowest BCUT2D eigenvalue weighted by atomic mass is 9.77. The number of nitrogens with zero attached hydrogens (tertiary/aromatic N) is 2. The average Bonchev–Trinajstić information content (AvgIpc) is 2.99. The molecule has 1 atom stereocenters. The van der Waals surface area contributed by atoms with Gasteiger partial charge in [0, 0.05) is 19.1 Å². The van der Waals surface area contributed by atoms with Crippen LogP contribution in [0, 0.1) is 0 Å². The van der Waals surface area contributed by atoms with E-state index in [1.54, 1.807) is 7.05 Å². The molecule has 26 heavy (non-hydrogen) atoms. The first-order valence-electron chi connectivity index (χ1n) is 9.05. The highest BCUT2D eigenvalue weighted by Gasteiger charge is 2.54. The van der Waals surface area contributed by atoms with Crippen molar-refractivity contribution in [1.29, 1.82) is 0 Å². The lowest BCUT2D eigenvalue weighted by Crippen LogP contribution is -2.41. The third-order valence-electron chi connectivity index (χ3n) is 5.47. The van der Waals surface area contributed by atoms with E-state index in [2.05, 4.69) is 5.10 Å². The van der Waals surface area contributed by atoms with E-state index in [-0.39, 0.29) is 24.1 Å². The lowest BCUT2D eigenvalue weighted by molar-refractivity contribution is -0.169. The van der Waals surface area contributed by atoms with Gasteiger partial charge in [-0.2, -0.15) is 5.10 Å². The van der Waals surface area contributed by atoms with Crippen LogP contribution < -0.4 is 5.46 Å². The number of alkyl halides is 2. The average molecular weight is 372 g/mol. The van der Waals surface area contributed by atoms with Gasteiger partial charge < -0.3 is 18.8 Å². The Balaban J connectivity index is 1.87. The van der Waals surface area contributed by atoms with Crippen molar-refractivity contribution in [2.24, 2.45) is 7.05 Å². The van der Waals surface area contributed by atoms with E-state index >= 15 is 0 Å². The third kappa shape index (κ3) is 3.67. The van der Waals surface area contributed by atoms with Crippen molar-refractivity contribution in [1.82, 2.24) is 9.78 Å². The maximum Gasteiger partial charge on any atom is 0.498 e. The molecule has 2 aliphatic rings. The normalized spacial score (nSPS) is 25.2. The van der Waals surface area contributed by atoms with Gasteiger partial charge in [0.1, 0.15) is 5.69 Å². The highest BCUT2D eigenvalue weighted by atomic mass is 19.3. The quantitative estimate of drug-likeness (QED) is 0.744. The van der Waals surface area contributed by atoms with Crippen LogP contribution in [0.3, 0.4) is 0 Å². The van der Waals surface area contributed by atoms with Crippen molar-refractivity contribution in [3.63, 3.8) is 0 Å². The van der Waals surface area contributed by atoms with Crippen molar-refractivity contribution < 1.29 is 27.6 Å².